The molecule has 0 bridgehead atoms. The second-order valence-electron chi connectivity index (χ2n) is 4.12. The molecule has 2 aromatic heterocycles. The van der Waals surface area contributed by atoms with Gasteiger partial charge in [0.25, 0.3) is 0 Å². The highest BCUT2D eigenvalue weighted by Crippen LogP contribution is 2.14. The molecule has 0 saturated carbocycles. The van der Waals surface area contributed by atoms with Gasteiger partial charge >= 0.3 is 11.2 Å². The van der Waals surface area contributed by atoms with Crippen LogP contribution in [-0.2, 0) is 0 Å². The summed E-state index contributed by atoms with van der Waals surface area (Å²) in [5, 5.41) is 5.96. The molecule has 0 spiro atoms. The van der Waals surface area contributed by atoms with Crippen LogP contribution >= 0.6 is 0 Å². The van der Waals surface area contributed by atoms with Crippen molar-refractivity contribution in [3.8, 4) is 11.4 Å². The summed E-state index contributed by atoms with van der Waals surface area (Å²) in [6, 6.07) is 7.11. The van der Waals surface area contributed by atoms with E-state index in [2.05, 4.69) is 10.2 Å². The summed E-state index contributed by atoms with van der Waals surface area (Å²) >= 11 is 0. The van der Waals surface area contributed by atoms with E-state index in [1.165, 1.54) is 21.4 Å². The summed E-state index contributed by atoms with van der Waals surface area (Å²) in [6.45, 7) is 2.49. The predicted molar refractivity (Wildman–Crippen MR) is 72.6 cm³/mol. The number of ether oxygens (including phenoxy) is 1. The van der Waals surface area contributed by atoms with E-state index in [1.807, 2.05) is 6.92 Å². The molecule has 1 aromatic carbocycles. The molecule has 0 aliphatic heterocycles. The average Bonchev–Trinajstić information content (AvgIpc) is 2.83. The van der Waals surface area contributed by atoms with Crippen molar-refractivity contribution in [3.63, 3.8) is 0 Å². The second-order valence-corrected chi connectivity index (χ2v) is 4.12. The van der Waals surface area contributed by atoms with Crippen LogP contribution < -0.4 is 16.0 Å². The van der Waals surface area contributed by atoms with Crippen LogP contribution in [0.3, 0.4) is 0 Å². The predicted octanol–water partition coefficient (Wildman–Crippen LogP) is 0.572. The lowest BCUT2D eigenvalue weighted by molar-refractivity contribution is 0.340. The van der Waals surface area contributed by atoms with E-state index in [4.69, 9.17) is 4.74 Å². The summed E-state index contributed by atoms with van der Waals surface area (Å²) in [4.78, 5) is 23.6. The molecule has 0 saturated heterocycles. The molecule has 0 aliphatic carbocycles. The van der Waals surface area contributed by atoms with Crippen molar-refractivity contribution in [2.45, 2.75) is 6.92 Å². The molecule has 0 fully saturated rings. The zero-order chi connectivity index (χ0) is 14.1. The first-order chi connectivity index (χ1) is 9.70. The molecule has 0 unspecified atom stereocenters. The normalized spacial score (nSPS) is 10.8. The SMILES string of the molecule is CCOc1ccc(-n2ccn3c(=O)[nH]nc3c2=O)cc1. The first-order valence-electron chi connectivity index (χ1n) is 6.12. The van der Waals surface area contributed by atoms with Gasteiger partial charge in [-0.3, -0.25) is 9.36 Å². The van der Waals surface area contributed by atoms with Gasteiger partial charge in [-0.25, -0.2) is 14.3 Å². The summed E-state index contributed by atoms with van der Waals surface area (Å²) in [5.74, 6) is 0.737. The van der Waals surface area contributed by atoms with Crippen LogP contribution in [0.1, 0.15) is 6.92 Å². The van der Waals surface area contributed by atoms with E-state index < -0.39 is 5.69 Å². The van der Waals surface area contributed by atoms with Gasteiger partial charge in [-0.15, -0.1) is 5.10 Å². The third-order valence-corrected chi connectivity index (χ3v) is 2.91. The van der Waals surface area contributed by atoms with Crippen LogP contribution in [0.25, 0.3) is 11.3 Å². The molecule has 2 heterocycles. The molecule has 3 rings (SSSR count). The number of H-pyrrole nitrogens is 1. The van der Waals surface area contributed by atoms with Gasteiger partial charge in [0.2, 0.25) is 5.65 Å². The fourth-order valence-electron chi connectivity index (χ4n) is 1.98. The molecule has 7 heteroatoms. The number of aromatic nitrogens is 4. The molecular weight excluding hydrogens is 260 g/mol. The molecule has 7 nitrogen and oxygen atoms in total. The van der Waals surface area contributed by atoms with Crippen LogP contribution in [0.2, 0.25) is 0 Å². The number of hydrogen-bond acceptors (Lipinski definition) is 4. The highest BCUT2D eigenvalue weighted by atomic mass is 16.5. The number of hydrogen-bond donors (Lipinski definition) is 1. The average molecular weight is 272 g/mol. The van der Waals surface area contributed by atoms with Crippen LogP contribution in [0, 0.1) is 0 Å². The van der Waals surface area contributed by atoms with Gasteiger partial charge in [-0.2, -0.15) is 0 Å². The Hall–Kier alpha value is -2.83. The molecule has 1 N–H and O–H groups in total. The van der Waals surface area contributed by atoms with E-state index >= 15 is 0 Å². The van der Waals surface area contributed by atoms with Gasteiger partial charge in [0.05, 0.1) is 6.61 Å². The Bertz CT molecular complexity index is 858. The Morgan fingerprint density at radius 2 is 1.95 bits per heavy atom. The number of nitrogens with one attached hydrogen (secondary N) is 1. The molecule has 0 aliphatic rings. The van der Waals surface area contributed by atoms with Gasteiger partial charge in [-0.05, 0) is 31.2 Å². The Morgan fingerprint density at radius 1 is 1.20 bits per heavy atom. The van der Waals surface area contributed by atoms with Crippen molar-refractivity contribution < 1.29 is 4.74 Å². The third kappa shape index (κ3) is 1.89. The highest BCUT2D eigenvalue weighted by Gasteiger charge is 2.08. The molecule has 102 valence electrons. The summed E-state index contributed by atoms with van der Waals surface area (Å²) in [5.41, 5.74) is -0.0614. The summed E-state index contributed by atoms with van der Waals surface area (Å²) < 4.78 is 7.95. The quantitative estimate of drug-likeness (QED) is 0.756. The second kappa shape index (κ2) is 4.69. The van der Waals surface area contributed by atoms with Crippen molar-refractivity contribution in [3.05, 3.63) is 57.5 Å². The minimum atomic E-state index is -0.434. The van der Waals surface area contributed by atoms with Crippen LogP contribution in [0.5, 0.6) is 5.75 Å². The monoisotopic (exact) mass is 272 g/mol. The van der Waals surface area contributed by atoms with E-state index in [1.54, 1.807) is 24.3 Å². The van der Waals surface area contributed by atoms with E-state index in [-0.39, 0.29) is 11.2 Å². The van der Waals surface area contributed by atoms with Crippen molar-refractivity contribution >= 4 is 5.65 Å². The molecule has 0 radical (unpaired) electrons. The summed E-state index contributed by atoms with van der Waals surface area (Å²) in [6.07, 6.45) is 3.03. The maximum Gasteiger partial charge on any atom is 0.347 e. The zero-order valence-corrected chi connectivity index (χ0v) is 10.7. The van der Waals surface area contributed by atoms with Gasteiger partial charge in [0.1, 0.15) is 5.75 Å². The van der Waals surface area contributed by atoms with Crippen molar-refractivity contribution in [1.29, 1.82) is 0 Å². The molecule has 0 atom stereocenters. The minimum Gasteiger partial charge on any atom is -0.494 e. The lowest BCUT2D eigenvalue weighted by Crippen LogP contribution is -2.22. The zero-order valence-electron chi connectivity index (χ0n) is 10.7. The van der Waals surface area contributed by atoms with E-state index in [0.29, 0.717) is 12.3 Å². The molecule has 20 heavy (non-hydrogen) atoms. The third-order valence-electron chi connectivity index (χ3n) is 2.91. The Morgan fingerprint density at radius 3 is 2.65 bits per heavy atom. The topological polar surface area (TPSA) is 81.4 Å². The van der Waals surface area contributed by atoms with Gasteiger partial charge in [-0.1, -0.05) is 0 Å². The fraction of sp³-hybridized carbons (Fsp3) is 0.154. The standard InChI is InChI=1S/C13H12N4O3/c1-2-20-10-5-3-9(4-6-10)16-7-8-17-11(12(16)18)14-15-13(17)19/h3-8H,2H2,1H3,(H,15,19). The number of rotatable bonds is 3. The minimum absolute atomic E-state index is 0.0615. The number of fused-ring (bicyclic) bond motifs is 1. The molecular formula is C13H12N4O3. The van der Waals surface area contributed by atoms with Gasteiger partial charge < -0.3 is 4.74 Å². The van der Waals surface area contributed by atoms with Crippen molar-refractivity contribution in [2.24, 2.45) is 0 Å². The highest BCUT2D eigenvalue weighted by molar-refractivity contribution is 5.41. The Labute approximate surface area is 113 Å². The smallest absolute Gasteiger partial charge is 0.347 e. The molecule has 3 aromatic rings. The first-order valence-corrected chi connectivity index (χ1v) is 6.12. The Kier molecular flexibility index (Phi) is 2.86. The summed E-state index contributed by atoms with van der Waals surface area (Å²) in [7, 11) is 0. The number of benzene rings is 1. The first kappa shape index (κ1) is 12.2. The maximum atomic E-state index is 12.2. The molecule has 0 amide bonds. The number of nitrogens with zero attached hydrogens (tertiary/aromatic N) is 3. The van der Waals surface area contributed by atoms with Crippen LogP contribution in [-0.4, -0.2) is 25.8 Å². The Balaban J connectivity index is 2.12. The lowest BCUT2D eigenvalue weighted by atomic mass is 10.3. The van der Waals surface area contributed by atoms with E-state index in [9.17, 15) is 9.59 Å². The van der Waals surface area contributed by atoms with Crippen LogP contribution in [0.15, 0.2) is 46.2 Å². The van der Waals surface area contributed by atoms with Gasteiger partial charge in [0.15, 0.2) is 0 Å². The van der Waals surface area contributed by atoms with Gasteiger partial charge in [0, 0.05) is 18.1 Å². The van der Waals surface area contributed by atoms with Crippen molar-refractivity contribution in [1.82, 2.24) is 19.2 Å². The largest absolute Gasteiger partial charge is 0.494 e. The lowest BCUT2D eigenvalue weighted by Gasteiger charge is -2.07. The van der Waals surface area contributed by atoms with Crippen LogP contribution in [0.4, 0.5) is 0 Å². The fourth-order valence-corrected chi connectivity index (χ4v) is 1.98. The maximum absolute atomic E-state index is 12.2. The van der Waals surface area contributed by atoms with Crippen molar-refractivity contribution in [2.75, 3.05) is 6.61 Å². The van der Waals surface area contributed by atoms with E-state index in [0.717, 1.165) is 5.75 Å². The number of aromatic amines is 1.